The van der Waals surface area contributed by atoms with E-state index in [9.17, 15) is 14.3 Å². The van der Waals surface area contributed by atoms with E-state index in [1.165, 1.54) is 17.9 Å². The van der Waals surface area contributed by atoms with Crippen molar-refractivity contribution in [2.75, 3.05) is 7.05 Å². The summed E-state index contributed by atoms with van der Waals surface area (Å²) in [6.45, 7) is 1.76. The van der Waals surface area contributed by atoms with E-state index >= 15 is 0 Å². The zero-order chi connectivity index (χ0) is 11.4. The first-order valence-electron chi connectivity index (χ1n) is 4.67. The maximum Gasteiger partial charge on any atom is 1.00 e. The quantitative estimate of drug-likeness (QED) is 0.550. The van der Waals surface area contributed by atoms with Crippen LogP contribution in [-0.4, -0.2) is 24.0 Å². The van der Waals surface area contributed by atoms with Crippen molar-refractivity contribution in [2.24, 2.45) is 0 Å². The zero-order valence-electron chi connectivity index (χ0n) is 9.74. The molecule has 1 aromatic carbocycles. The first-order valence-corrected chi connectivity index (χ1v) is 4.67. The third-order valence-corrected chi connectivity index (χ3v) is 2.38. The predicted molar refractivity (Wildman–Crippen MR) is 52.3 cm³/mol. The number of halogens is 1. The summed E-state index contributed by atoms with van der Waals surface area (Å²) in [7, 11) is 1.62. The van der Waals surface area contributed by atoms with Gasteiger partial charge in [0.1, 0.15) is 5.82 Å². The number of aliphatic carboxylic acids is 1. The number of likely N-dealkylation sites (N-methyl/N-ethyl adjacent to an activating group) is 1. The fourth-order valence-corrected chi connectivity index (χ4v) is 1.21. The molecule has 82 valence electrons. The van der Waals surface area contributed by atoms with Gasteiger partial charge in [-0.25, -0.2) is 4.39 Å². The number of rotatable bonds is 4. The van der Waals surface area contributed by atoms with Crippen LogP contribution in [0.25, 0.3) is 0 Å². The SMILES string of the molecule is C[C@@H](C(=O)[O-])N(C)Cc1ccccc1F.[K+]. The summed E-state index contributed by atoms with van der Waals surface area (Å²) in [5.74, 6) is -1.48. The summed E-state index contributed by atoms with van der Waals surface area (Å²) >= 11 is 0. The first-order chi connectivity index (χ1) is 7.02. The number of carboxylic acids is 1. The van der Waals surface area contributed by atoms with Crippen LogP contribution in [0.3, 0.4) is 0 Å². The zero-order valence-corrected chi connectivity index (χ0v) is 12.9. The van der Waals surface area contributed by atoms with E-state index in [-0.39, 0.29) is 63.7 Å². The molecule has 0 saturated heterocycles. The van der Waals surface area contributed by atoms with Crippen molar-refractivity contribution in [3.8, 4) is 0 Å². The summed E-state index contributed by atoms with van der Waals surface area (Å²) in [4.78, 5) is 12.1. The summed E-state index contributed by atoms with van der Waals surface area (Å²) in [6.07, 6.45) is 0. The molecule has 5 heteroatoms. The standard InChI is InChI=1S/C11H14FNO2.K/c1-8(11(14)15)13(2)7-9-5-3-4-6-10(9)12;/h3-6,8H,7H2,1-2H3,(H,14,15);/q;+1/p-1/t8-;/m0./s1. The van der Waals surface area contributed by atoms with E-state index in [0.717, 1.165) is 0 Å². The van der Waals surface area contributed by atoms with Gasteiger partial charge in [-0.2, -0.15) is 0 Å². The number of hydrogen-bond donors (Lipinski definition) is 0. The molecule has 0 aliphatic carbocycles. The van der Waals surface area contributed by atoms with Crippen molar-refractivity contribution in [1.82, 2.24) is 4.90 Å². The van der Waals surface area contributed by atoms with Crippen LogP contribution >= 0.6 is 0 Å². The Hall–Kier alpha value is 0.216. The molecule has 0 saturated carbocycles. The van der Waals surface area contributed by atoms with Crippen molar-refractivity contribution in [3.63, 3.8) is 0 Å². The molecule has 0 fully saturated rings. The molecule has 0 unspecified atom stereocenters. The molecular formula is C11H13FKNO2. The van der Waals surface area contributed by atoms with Gasteiger partial charge in [0.2, 0.25) is 0 Å². The van der Waals surface area contributed by atoms with E-state index in [0.29, 0.717) is 5.56 Å². The van der Waals surface area contributed by atoms with Gasteiger partial charge < -0.3 is 9.90 Å². The minimum absolute atomic E-state index is 0. The average molecular weight is 249 g/mol. The van der Waals surface area contributed by atoms with E-state index in [1.54, 1.807) is 25.2 Å². The van der Waals surface area contributed by atoms with Gasteiger partial charge >= 0.3 is 51.4 Å². The number of benzene rings is 1. The van der Waals surface area contributed by atoms with Gasteiger partial charge in [-0.1, -0.05) is 18.2 Å². The Morgan fingerprint density at radius 1 is 1.50 bits per heavy atom. The van der Waals surface area contributed by atoms with Crippen LogP contribution in [0.5, 0.6) is 0 Å². The molecule has 0 bridgehead atoms. The van der Waals surface area contributed by atoms with Crippen LogP contribution in [0, 0.1) is 5.82 Å². The molecule has 0 aromatic heterocycles. The minimum Gasteiger partial charge on any atom is -0.548 e. The molecule has 1 rings (SSSR count). The fourth-order valence-electron chi connectivity index (χ4n) is 1.21. The Bertz CT molecular complexity index is 360. The van der Waals surface area contributed by atoms with Crippen molar-refractivity contribution >= 4 is 5.97 Å². The molecule has 0 aliphatic rings. The first kappa shape index (κ1) is 16.2. The summed E-state index contributed by atoms with van der Waals surface area (Å²) in [5.41, 5.74) is 0.480. The molecule has 16 heavy (non-hydrogen) atoms. The second-order valence-electron chi connectivity index (χ2n) is 3.50. The summed E-state index contributed by atoms with van der Waals surface area (Å²) in [5, 5.41) is 10.6. The third kappa shape index (κ3) is 4.61. The van der Waals surface area contributed by atoms with Crippen LogP contribution in [0.4, 0.5) is 4.39 Å². The number of nitrogens with zero attached hydrogens (tertiary/aromatic N) is 1. The van der Waals surface area contributed by atoms with Crippen LogP contribution in [0.15, 0.2) is 24.3 Å². The summed E-state index contributed by atoms with van der Waals surface area (Å²) < 4.78 is 13.2. The summed E-state index contributed by atoms with van der Waals surface area (Å²) in [6, 6.07) is 5.57. The molecule has 0 amide bonds. The Morgan fingerprint density at radius 3 is 2.56 bits per heavy atom. The predicted octanol–water partition coefficient (Wildman–Crippen LogP) is -2.60. The van der Waals surface area contributed by atoms with E-state index in [4.69, 9.17) is 0 Å². The van der Waals surface area contributed by atoms with Crippen LogP contribution < -0.4 is 56.5 Å². The van der Waals surface area contributed by atoms with Gasteiger partial charge in [0.05, 0.1) is 5.97 Å². The largest absolute Gasteiger partial charge is 1.00 e. The Kier molecular flexibility index (Phi) is 7.63. The molecule has 0 spiro atoms. The Labute approximate surface area is 137 Å². The maximum atomic E-state index is 13.2. The molecule has 0 aliphatic heterocycles. The van der Waals surface area contributed by atoms with Gasteiger partial charge in [0.15, 0.2) is 0 Å². The maximum absolute atomic E-state index is 13.2. The van der Waals surface area contributed by atoms with Crippen LogP contribution in [-0.2, 0) is 11.3 Å². The van der Waals surface area contributed by atoms with E-state index < -0.39 is 12.0 Å². The fraction of sp³-hybridized carbons (Fsp3) is 0.364. The van der Waals surface area contributed by atoms with Crippen molar-refractivity contribution in [1.29, 1.82) is 0 Å². The van der Waals surface area contributed by atoms with Gasteiger partial charge in [0, 0.05) is 18.2 Å². The van der Waals surface area contributed by atoms with Crippen molar-refractivity contribution in [2.45, 2.75) is 19.5 Å². The molecule has 0 radical (unpaired) electrons. The van der Waals surface area contributed by atoms with Gasteiger partial charge in [-0.3, -0.25) is 4.90 Å². The Morgan fingerprint density at radius 2 is 2.06 bits per heavy atom. The number of hydrogen-bond acceptors (Lipinski definition) is 3. The number of carbonyl (C=O) groups is 1. The van der Waals surface area contributed by atoms with Gasteiger partial charge in [-0.15, -0.1) is 0 Å². The molecule has 3 nitrogen and oxygen atoms in total. The molecule has 0 N–H and O–H groups in total. The molecule has 1 atom stereocenters. The number of carboxylic acid groups (broad SMARTS) is 1. The molecule has 1 aromatic rings. The van der Waals surface area contributed by atoms with Gasteiger partial charge in [-0.05, 0) is 20.0 Å². The molecule has 0 heterocycles. The monoisotopic (exact) mass is 249 g/mol. The van der Waals surface area contributed by atoms with Gasteiger partial charge in [0.25, 0.3) is 0 Å². The second-order valence-corrected chi connectivity index (χ2v) is 3.50. The number of carbonyl (C=O) groups excluding carboxylic acids is 1. The normalized spacial score (nSPS) is 12.0. The minimum atomic E-state index is -1.16. The Balaban J connectivity index is 0.00000225. The second kappa shape index (κ2) is 7.52. The molecular weight excluding hydrogens is 236 g/mol. The third-order valence-electron chi connectivity index (χ3n) is 2.38. The van der Waals surface area contributed by atoms with Crippen LogP contribution in [0.1, 0.15) is 12.5 Å². The average Bonchev–Trinajstić information content (AvgIpc) is 2.20. The van der Waals surface area contributed by atoms with E-state index in [1.807, 2.05) is 0 Å². The van der Waals surface area contributed by atoms with Crippen molar-refractivity contribution < 1.29 is 65.7 Å². The van der Waals surface area contributed by atoms with E-state index in [2.05, 4.69) is 0 Å². The topological polar surface area (TPSA) is 43.4 Å². The van der Waals surface area contributed by atoms with Crippen molar-refractivity contribution in [3.05, 3.63) is 35.6 Å². The smallest absolute Gasteiger partial charge is 0.548 e. The van der Waals surface area contributed by atoms with Crippen LogP contribution in [0.2, 0.25) is 0 Å².